The van der Waals surface area contributed by atoms with Gasteiger partial charge in [0.25, 0.3) is 5.91 Å². The summed E-state index contributed by atoms with van der Waals surface area (Å²) in [4.78, 5) is 34.5. The number of nitrogens with one attached hydrogen (secondary N) is 1. The van der Waals surface area contributed by atoms with Crippen LogP contribution >= 0.6 is 0 Å². The van der Waals surface area contributed by atoms with Crippen molar-refractivity contribution >= 4 is 17.9 Å². The number of aliphatic carboxylic acids is 1. The van der Waals surface area contributed by atoms with Crippen molar-refractivity contribution in [2.24, 2.45) is 0 Å². The number of morpholine rings is 1. The van der Waals surface area contributed by atoms with Crippen molar-refractivity contribution < 1.29 is 29.0 Å². The number of hydrogen-bond donors (Lipinski definition) is 2. The van der Waals surface area contributed by atoms with Gasteiger partial charge in [-0.15, -0.1) is 0 Å². The summed E-state index contributed by atoms with van der Waals surface area (Å²) in [5.74, 6) is -1.84. The van der Waals surface area contributed by atoms with Gasteiger partial charge >= 0.3 is 12.0 Å². The molecule has 18 heavy (non-hydrogen) atoms. The fourth-order valence-electron chi connectivity index (χ4n) is 1.47. The molecule has 1 fully saturated rings. The standard InChI is InChI=1S/C10H16N2O6/c1-7-4-12(2-3-18-7)10(16)11-8(13)5-17-6-9(14)15/h7H,2-6H2,1H3,(H,14,15)(H,11,13,16). The highest BCUT2D eigenvalue weighted by atomic mass is 16.5. The second-order valence-corrected chi connectivity index (χ2v) is 3.87. The smallest absolute Gasteiger partial charge is 0.329 e. The van der Waals surface area contributed by atoms with Crippen molar-refractivity contribution in [2.75, 3.05) is 32.9 Å². The maximum absolute atomic E-state index is 11.6. The predicted molar refractivity (Wildman–Crippen MR) is 59.0 cm³/mol. The van der Waals surface area contributed by atoms with Gasteiger partial charge in [-0.2, -0.15) is 0 Å². The van der Waals surface area contributed by atoms with Crippen molar-refractivity contribution in [1.82, 2.24) is 10.2 Å². The molecule has 1 heterocycles. The highest BCUT2D eigenvalue weighted by Crippen LogP contribution is 2.03. The summed E-state index contributed by atoms with van der Waals surface area (Å²) in [6.45, 7) is 2.05. The van der Waals surface area contributed by atoms with Crippen LogP contribution in [0.4, 0.5) is 4.79 Å². The topological polar surface area (TPSA) is 105 Å². The van der Waals surface area contributed by atoms with Crippen LogP contribution in [-0.2, 0) is 19.1 Å². The SMILES string of the molecule is CC1CN(C(=O)NC(=O)COCC(=O)O)CCO1. The average molecular weight is 260 g/mol. The molecule has 0 radical (unpaired) electrons. The Kier molecular flexibility index (Phi) is 5.53. The molecule has 0 aromatic carbocycles. The van der Waals surface area contributed by atoms with Crippen LogP contribution in [0, 0.1) is 0 Å². The predicted octanol–water partition coefficient (Wildman–Crippen LogP) is -0.955. The summed E-state index contributed by atoms with van der Waals surface area (Å²) in [6.07, 6.45) is -0.0668. The number of urea groups is 1. The van der Waals surface area contributed by atoms with Gasteiger partial charge in [0.05, 0.1) is 12.7 Å². The van der Waals surface area contributed by atoms with Crippen LogP contribution in [0.15, 0.2) is 0 Å². The van der Waals surface area contributed by atoms with Gasteiger partial charge < -0.3 is 19.5 Å². The van der Waals surface area contributed by atoms with E-state index >= 15 is 0 Å². The first kappa shape index (κ1) is 14.4. The molecule has 3 amide bonds. The van der Waals surface area contributed by atoms with E-state index in [9.17, 15) is 14.4 Å². The fourth-order valence-corrected chi connectivity index (χ4v) is 1.47. The van der Waals surface area contributed by atoms with Crippen LogP contribution in [0.25, 0.3) is 0 Å². The molecule has 102 valence electrons. The summed E-state index contributed by atoms with van der Waals surface area (Å²) >= 11 is 0. The summed E-state index contributed by atoms with van der Waals surface area (Å²) in [6, 6.07) is -0.519. The molecule has 1 aliphatic heterocycles. The fraction of sp³-hybridized carbons (Fsp3) is 0.700. The Labute approximate surface area is 104 Å². The number of carbonyl (C=O) groups is 3. The zero-order chi connectivity index (χ0) is 13.5. The van der Waals surface area contributed by atoms with Gasteiger partial charge in [-0.3, -0.25) is 10.1 Å². The molecule has 0 aliphatic carbocycles. The normalized spacial score (nSPS) is 19.4. The summed E-state index contributed by atoms with van der Waals surface area (Å²) in [5, 5.41) is 10.4. The molecule has 2 N–H and O–H groups in total. The Bertz CT molecular complexity index is 332. The number of rotatable bonds is 4. The molecule has 0 spiro atoms. The Hall–Kier alpha value is -1.67. The third-order valence-electron chi connectivity index (χ3n) is 2.23. The lowest BCUT2D eigenvalue weighted by atomic mass is 10.3. The second-order valence-electron chi connectivity index (χ2n) is 3.87. The molecule has 8 heteroatoms. The lowest BCUT2D eigenvalue weighted by molar-refractivity contribution is -0.143. The van der Waals surface area contributed by atoms with Gasteiger partial charge in [-0.25, -0.2) is 9.59 Å². The third kappa shape index (κ3) is 5.11. The second kappa shape index (κ2) is 6.92. The zero-order valence-electron chi connectivity index (χ0n) is 10.0. The van der Waals surface area contributed by atoms with Gasteiger partial charge in [0.1, 0.15) is 13.2 Å². The number of nitrogens with zero attached hydrogens (tertiary/aromatic N) is 1. The molecule has 8 nitrogen and oxygen atoms in total. The van der Waals surface area contributed by atoms with Crippen LogP contribution in [-0.4, -0.2) is 66.9 Å². The van der Waals surface area contributed by atoms with E-state index in [1.54, 1.807) is 0 Å². The third-order valence-corrected chi connectivity index (χ3v) is 2.23. The highest BCUT2D eigenvalue weighted by Gasteiger charge is 2.22. The molecule has 1 atom stereocenters. The molecular weight excluding hydrogens is 244 g/mol. The van der Waals surface area contributed by atoms with Crippen LogP contribution in [0.5, 0.6) is 0 Å². The first-order chi connectivity index (χ1) is 8.49. The monoisotopic (exact) mass is 260 g/mol. The Morgan fingerprint density at radius 1 is 1.44 bits per heavy atom. The van der Waals surface area contributed by atoms with Crippen LogP contribution in [0.2, 0.25) is 0 Å². The van der Waals surface area contributed by atoms with E-state index in [0.29, 0.717) is 19.7 Å². The maximum Gasteiger partial charge on any atom is 0.329 e. The van der Waals surface area contributed by atoms with Gasteiger partial charge in [0.2, 0.25) is 0 Å². The van der Waals surface area contributed by atoms with E-state index in [-0.39, 0.29) is 6.10 Å². The quantitative estimate of drug-likeness (QED) is 0.674. The number of carboxylic acid groups (broad SMARTS) is 1. The van der Waals surface area contributed by atoms with Gasteiger partial charge in [-0.05, 0) is 6.92 Å². The number of hydrogen-bond acceptors (Lipinski definition) is 5. The van der Waals surface area contributed by atoms with Gasteiger partial charge in [0.15, 0.2) is 0 Å². The summed E-state index contributed by atoms with van der Waals surface area (Å²) in [7, 11) is 0. The lowest BCUT2D eigenvalue weighted by Crippen LogP contribution is -2.50. The Morgan fingerprint density at radius 3 is 2.78 bits per heavy atom. The summed E-state index contributed by atoms with van der Waals surface area (Å²) in [5.41, 5.74) is 0. The van der Waals surface area contributed by atoms with E-state index in [1.807, 2.05) is 6.92 Å². The molecule has 1 unspecified atom stereocenters. The first-order valence-corrected chi connectivity index (χ1v) is 5.49. The molecule has 0 saturated carbocycles. The van der Waals surface area contributed by atoms with Crippen LogP contribution < -0.4 is 5.32 Å². The van der Waals surface area contributed by atoms with E-state index < -0.39 is 31.1 Å². The molecule has 1 aliphatic rings. The zero-order valence-corrected chi connectivity index (χ0v) is 10.0. The number of amides is 3. The van der Waals surface area contributed by atoms with E-state index in [2.05, 4.69) is 10.1 Å². The average Bonchev–Trinajstić information content (AvgIpc) is 2.28. The Balaban J connectivity index is 2.26. The van der Waals surface area contributed by atoms with Gasteiger partial charge in [0, 0.05) is 13.1 Å². The minimum atomic E-state index is -1.17. The summed E-state index contributed by atoms with van der Waals surface area (Å²) < 4.78 is 9.82. The van der Waals surface area contributed by atoms with E-state index in [4.69, 9.17) is 9.84 Å². The maximum atomic E-state index is 11.6. The lowest BCUT2D eigenvalue weighted by Gasteiger charge is -2.30. The number of carboxylic acids is 1. The van der Waals surface area contributed by atoms with Crippen LogP contribution in [0.1, 0.15) is 6.92 Å². The molecule has 0 aromatic rings. The van der Waals surface area contributed by atoms with Crippen molar-refractivity contribution in [1.29, 1.82) is 0 Å². The highest BCUT2D eigenvalue weighted by molar-refractivity contribution is 5.95. The first-order valence-electron chi connectivity index (χ1n) is 5.49. The van der Waals surface area contributed by atoms with Crippen molar-refractivity contribution in [2.45, 2.75) is 13.0 Å². The molecule has 0 aromatic heterocycles. The minimum absolute atomic E-state index is 0.0668. The largest absolute Gasteiger partial charge is 0.480 e. The number of imide groups is 1. The molecule has 0 bridgehead atoms. The number of carbonyl (C=O) groups excluding carboxylic acids is 2. The van der Waals surface area contributed by atoms with Crippen molar-refractivity contribution in [3.8, 4) is 0 Å². The minimum Gasteiger partial charge on any atom is -0.480 e. The van der Waals surface area contributed by atoms with Crippen molar-refractivity contribution in [3.05, 3.63) is 0 Å². The Morgan fingerprint density at radius 2 is 2.17 bits per heavy atom. The van der Waals surface area contributed by atoms with E-state index in [1.165, 1.54) is 4.90 Å². The number of ether oxygens (including phenoxy) is 2. The molecular formula is C10H16N2O6. The van der Waals surface area contributed by atoms with Crippen LogP contribution in [0.3, 0.4) is 0 Å². The van der Waals surface area contributed by atoms with Gasteiger partial charge in [-0.1, -0.05) is 0 Å². The van der Waals surface area contributed by atoms with E-state index in [0.717, 1.165) is 0 Å². The molecule has 1 saturated heterocycles. The van der Waals surface area contributed by atoms with Crippen molar-refractivity contribution in [3.63, 3.8) is 0 Å². The molecule has 1 rings (SSSR count).